The van der Waals surface area contributed by atoms with E-state index in [0.717, 1.165) is 12.1 Å². The topological polar surface area (TPSA) is 55.6 Å². The van der Waals surface area contributed by atoms with Gasteiger partial charge in [-0.2, -0.15) is 0 Å². The van der Waals surface area contributed by atoms with E-state index in [-0.39, 0.29) is 17.2 Å². The summed E-state index contributed by atoms with van der Waals surface area (Å²) in [6.45, 7) is 0.692. The van der Waals surface area contributed by atoms with E-state index in [1.165, 1.54) is 17.0 Å². The highest BCUT2D eigenvalue weighted by atomic mass is 19.4. The molecule has 0 aromatic heterocycles. The number of hydrogen-bond donors (Lipinski definition) is 1. The van der Waals surface area contributed by atoms with Crippen molar-refractivity contribution in [3.63, 3.8) is 0 Å². The number of nitrogens with two attached hydrogens (primary N) is 1. The van der Waals surface area contributed by atoms with Crippen LogP contribution >= 0.6 is 0 Å². The molecule has 0 saturated carbocycles. The van der Waals surface area contributed by atoms with Crippen molar-refractivity contribution in [3.8, 4) is 5.75 Å². The molecule has 0 fully saturated rings. The van der Waals surface area contributed by atoms with Gasteiger partial charge in [0.15, 0.2) is 0 Å². The van der Waals surface area contributed by atoms with E-state index in [2.05, 4.69) is 4.74 Å². The number of amides is 1. The Balaban J connectivity index is 2.74. The average Bonchev–Trinajstić information content (AvgIpc) is 2.27. The third kappa shape index (κ3) is 4.25. The Bertz CT molecular complexity index is 404. The minimum Gasteiger partial charge on any atom is -0.406 e. The maximum atomic E-state index is 11.9. The van der Waals surface area contributed by atoms with Crippen LogP contribution in [0.4, 0.5) is 13.2 Å². The molecule has 0 aliphatic rings. The number of nitrogens with zero attached hydrogens (tertiary/aromatic N) is 1. The lowest BCUT2D eigenvalue weighted by Gasteiger charge is -2.16. The molecule has 0 radical (unpaired) electrons. The van der Waals surface area contributed by atoms with E-state index >= 15 is 0 Å². The summed E-state index contributed by atoms with van der Waals surface area (Å²) in [5.41, 5.74) is 5.58. The fourth-order valence-electron chi connectivity index (χ4n) is 1.31. The molecule has 0 atom stereocenters. The molecule has 0 bridgehead atoms. The van der Waals surface area contributed by atoms with Crippen LogP contribution in [-0.2, 0) is 0 Å². The average molecular weight is 262 g/mol. The fraction of sp³-hybridized carbons (Fsp3) is 0.364. The molecule has 0 aliphatic heterocycles. The zero-order valence-corrected chi connectivity index (χ0v) is 9.70. The summed E-state index contributed by atoms with van der Waals surface area (Å²) in [7, 11) is 1.56. The second-order valence-electron chi connectivity index (χ2n) is 3.59. The summed E-state index contributed by atoms with van der Waals surface area (Å²) in [6.07, 6.45) is -4.73. The first-order valence-electron chi connectivity index (χ1n) is 5.15. The minimum absolute atomic E-state index is 0.278. The molecule has 0 spiro atoms. The predicted octanol–water partition coefficient (Wildman–Crippen LogP) is 1.62. The maximum Gasteiger partial charge on any atom is 0.573 e. The number of hydrogen-bond acceptors (Lipinski definition) is 3. The van der Waals surface area contributed by atoms with Gasteiger partial charge in [0.05, 0.1) is 0 Å². The van der Waals surface area contributed by atoms with Gasteiger partial charge in [-0.05, 0) is 24.3 Å². The molecule has 7 heteroatoms. The van der Waals surface area contributed by atoms with Crippen LogP contribution in [0.1, 0.15) is 10.4 Å². The first-order valence-corrected chi connectivity index (χ1v) is 5.15. The fourth-order valence-corrected chi connectivity index (χ4v) is 1.31. The number of ether oxygens (including phenoxy) is 1. The van der Waals surface area contributed by atoms with Crippen LogP contribution in [0.25, 0.3) is 0 Å². The van der Waals surface area contributed by atoms with Crippen molar-refractivity contribution in [2.45, 2.75) is 6.36 Å². The van der Waals surface area contributed by atoms with E-state index in [0.29, 0.717) is 13.1 Å². The van der Waals surface area contributed by atoms with Crippen LogP contribution in [0, 0.1) is 0 Å². The van der Waals surface area contributed by atoms with Gasteiger partial charge in [-0.1, -0.05) is 0 Å². The van der Waals surface area contributed by atoms with Gasteiger partial charge in [0.25, 0.3) is 5.91 Å². The van der Waals surface area contributed by atoms with Gasteiger partial charge < -0.3 is 15.4 Å². The zero-order chi connectivity index (χ0) is 13.8. The Morgan fingerprint density at radius 3 is 2.33 bits per heavy atom. The largest absolute Gasteiger partial charge is 0.573 e. The third-order valence-electron chi connectivity index (χ3n) is 2.15. The standard InChI is InChI=1S/C11H13F3N2O2/c1-16(7-6-15)10(17)8-2-4-9(5-3-8)18-11(12,13)14/h2-5H,6-7,15H2,1H3. The number of alkyl halides is 3. The highest BCUT2D eigenvalue weighted by Crippen LogP contribution is 2.22. The quantitative estimate of drug-likeness (QED) is 0.897. The lowest BCUT2D eigenvalue weighted by atomic mass is 10.2. The second-order valence-corrected chi connectivity index (χ2v) is 3.59. The summed E-state index contributed by atoms with van der Waals surface area (Å²) in [4.78, 5) is 13.1. The second kappa shape index (κ2) is 5.72. The molecule has 1 rings (SSSR count). The van der Waals surface area contributed by atoms with Crippen molar-refractivity contribution < 1.29 is 22.7 Å². The molecule has 0 saturated heterocycles. The van der Waals surface area contributed by atoms with Crippen LogP contribution in [0.3, 0.4) is 0 Å². The van der Waals surface area contributed by atoms with Crippen LogP contribution in [0.15, 0.2) is 24.3 Å². The molecule has 18 heavy (non-hydrogen) atoms. The molecule has 0 unspecified atom stereocenters. The maximum absolute atomic E-state index is 11.9. The molecule has 0 heterocycles. The number of carbonyl (C=O) groups is 1. The lowest BCUT2D eigenvalue weighted by Crippen LogP contribution is -2.31. The molecule has 100 valence electrons. The highest BCUT2D eigenvalue weighted by Gasteiger charge is 2.31. The van der Waals surface area contributed by atoms with E-state index in [4.69, 9.17) is 5.73 Å². The molecule has 1 amide bonds. The number of benzene rings is 1. The van der Waals surface area contributed by atoms with E-state index < -0.39 is 6.36 Å². The Hall–Kier alpha value is -1.76. The Morgan fingerprint density at radius 2 is 1.89 bits per heavy atom. The van der Waals surface area contributed by atoms with E-state index in [1.807, 2.05) is 0 Å². The van der Waals surface area contributed by atoms with Crippen LogP contribution in [-0.4, -0.2) is 37.3 Å². The Labute approximate surface area is 102 Å². The van der Waals surface area contributed by atoms with Gasteiger partial charge in [0.2, 0.25) is 0 Å². The van der Waals surface area contributed by atoms with Crippen molar-refractivity contribution in [3.05, 3.63) is 29.8 Å². The van der Waals surface area contributed by atoms with Gasteiger partial charge in [0.1, 0.15) is 5.75 Å². The summed E-state index contributed by atoms with van der Waals surface area (Å²) in [6, 6.07) is 4.74. The summed E-state index contributed by atoms with van der Waals surface area (Å²) < 4.78 is 39.5. The summed E-state index contributed by atoms with van der Waals surface area (Å²) >= 11 is 0. The Kier molecular flexibility index (Phi) is 4.55. The van der Waals surface area contributed by atoms with Gasteiger partial charge in [0, 0.05) is 25.7 Å². The zero-order valence-electron chi connectivity index (χ0n) is 9.70. The van der Waals surface area contributed by atoms with Gasteiger partial charge in [-0.25, -0.2) is 0 Å². The van der Waals surface area contributed by atoms with E-state index in [1.54, 1.807) is 7.05 Å². The first-order chi connectivity index (χ1) is 8.33. The van der Waals surface area contributed by atoms with E-state index in [9.17, 15) is 18.0 Å². The van der Waals surface area contributed by atoms with Crippen molar-refractivity contribution in [2.24, 2.45) is 5.73 Å². The van der Waals surface area contributed by atoms with Crippen LogP contribution in [0.5, 0.6) is 5.75 Å². The number of carbonyl (C=O) groups excluding carboxylic acids is 1. The highest BCUT2D eigenvalue weighted by molar-refractivity contribution is 5.94. The number of rotatable bonds is 4. The van der Waals surface area contributed by atoms with Gasteiger partial charge >= 0.3 is 6.36 Å². The van der Waals surface area contributed by atoms with Gasteiger partial charge in [-0.15, -0.1) is 13.2 Å². The molecule has 4 nitrogen and oxygen atoms in total. The Morgan fingerprint density at radius 1 is 1.33 bits per heavy atom. The minimum atomic E-state index is -4.73. The lowest BCUT2D eigenvalue weighted by molar-refractivity contribution is -0.274. The van der Waals surface area contributed by atoms with Crippen molar-refractivity contribution in [1.29, 1.82) is 0 Å². The third-order valence-corrected chi connectivity index (χ3v) is 2.15. The molecule has 2 N–H and O–H groups in total. The molecule has 1 aromatic carbocycles. The van der Waals surface area contributed by atoms with Gasteiger partial charge in [-0.3, -0.25) is 4.79 Å². The normalized spacial score (nSPS) is 11.2. The van der Waals surface area contributed by atoms with Crippen molar-refractivity contribution >= 4 is 5.91 Å². The number of halogens is 3. The number of likely N-dealkylation sites (N-methyl/N-ethyl adjacent to an activating group) is 1. The monoisotopic (exact) mass is 262 g/mol. The molecule has 0 aliphatic carbocycles. The molecular weight excluding hydrogens is 249 g/mol. The molecule has 1 aromatic rings. The van der Waals surface area contributed by atoms with Crippen molar-refractivity contribution in [1.82, 2.24) is 4.90 Å². The van der Waals surface area contributed by atoms with Crippen LogP contribution < -0.4 is 10.5 Å². The SMILES string of the molecule is CN(CCN)C(=O)c1ccc(OC(F)(F)F)cc1. The summed E-state index contributed by atoms with van der Waals surface area (Å²) in [5.74, 6) is -0.667. The van der Waals surface area contributed by atoms with Crippen molar-refractivity contribution in [2.75, 3.05) is 20.1 Å². The molecular formula is C11H13F3N2O2. The predicted molar refractivity (Wildman–Crippen MR) is 59.1 cm³/mol. The van der Waals surface area contributed by atoms with Crippen LogP contribution in [0.2, 0.25) is 0 Å². The smallest absolute Gasteiger partial charge is 0.406 e. The first kappa shape index (κ1) is 14.3. The summed E-state index contributed by atoms with van der Waals surface area (Å²) in [5, 5.41) is 0.